The predicted molar refractivity (Wildman–Crippen MR) is 77.6 cm³/mol. The molecule has 0 aromatic heterocycles. The van der Waals surface area contributed by atoms with Gasteiger partial charge in [0, 0.05) is 3.57 Å². The summed E-state index contributed by atoms with van der Waals surface area (Å²) in [6, 6.07) is 19.3. The molecule has 16 heavy (non-hydrogen) atoms. The van der Waals surface area contributed by atoms with Gasteiger partial charge in [0.15, 0.2) is 0 Å². The van der Waals surface area contributed by atoms with Crippen LogP contribution in [0.15, 0.2) is 54.6 Å². The van der Waals surface area contributed by atoms with Crippen LogP contribution in [-0.2, 0) is 12.8 Å². The van der Waals surface area contributed by atoms with Crippen LogP contribution < -0.4 is 0 Å². The zero-order valence-corrected chi connectivity index (χ0v) is 11.4. The largest absolute Gasteiger partial charge is 0.0622 e. The highest BCUT2D eigenvalue weighted by Gasteiger charge is 1.98. The van der Waals surface area contributed by atoms with Crippen LogP contribution >= 0.6 is 22.6 Å². The fraction of sp³-hybridized carbons (Fsp3) is 0.200. The second kappa shape index (κ2) is 6.04. The van der Waals surface area contributed by atoms with Crippen molar-refractivity contribution in [2.24, 2.45) is 0 Å². The molecular weight excluding hydrogens is 307 g/mol. The summed E-state index contributed by atoms with van der Waals surface area (Å²) in [6.45, 7) is 0. The molecule has 82 valence electrons. The monoisotopic (exact) mass is 322 g/mol. The van der Waals surface area contributed by atoms with Crippen molar-refractivity contribution in [1.82, 2.24) is 0 Å². The van der Waals surface area contributed by atoms with E-state index in [4.69, 9.17) is 0 Å². The molecule has 0 spiro atoms. The fourth-order valence-corrected chi connectivity index (χ4v) is 2.49. The Morgan fingerprint density at radius 3 is 2.19 bits per heavy atom. The lowest BCUT2D eigenvalue weighted by Crippen LogP contribution is -1.92. The SMILES string of the molecule is Ic1ccccc1CCCc1ccccc1. The number of hydrogen-bond donors (Lipinski definition) is 0. The van der Waals surface area contributed by atoms with E-state index < -0.39 is 0 Å². The molecule has 2 aromatic rings. The zero-order valence-electron chi connectivity index (χ0n) is 9.20. The van der Waals surface area contributed by atoms with Gasteiger partial charge in [0.2, 0.25) is 0 Å². The van der Waals surface area contributed by atoms with E-state index in [0.717, 1.165) is 0 Å². The average molecular weight is 322 g/mol. The summed E-state index contributed by atoms with van der Waals surface area (Å²) in [5.41, 5.74) is 2.91. The van der Waals surface area contributed by atoms with E-state index >= 15 is 0 Å². The van der Waals surface area contributed by atoms with Gasteiger partial charge < -0.3 is 0 Å². The molecule has 0 aliphatic carbocycles. The van der Waals surface area contributed by atoms with Crippen molar-refractivity contribution < 1.29 is 0 Å². The van der Waals surface area contributed by atoms with Crippen molar-refractivity contribution in [3.63, 3.8) is 0 Å². The van der Waals surface area contributed by atoms with E-state index in [1.165, 1.54) is 34.0 Å². The summed E-state index contributed by atoms with van der Waals surface area (Å²) in [4.78, 5) is 0. The standard InChI is InChI=1S/C15H15I/c16-15-12-5-4-10-14(15)11-6-9-13-7-2-1-3-8-13/h1-5,7-8,10,12H,6,9,11H2. The van der Waals surface area contributed by atoms with Crippen LogP contribution in [0.25, 0.3) is 0 Å². The molecule has 0 saturated carbocycles. The van der Waals surface area contributed by atoms with Crippen molar-refractivity contribution in [2.45, 2.75) is 19.3 Å². The van der Waals surface area contributed by atoms with E-state index in [1.807, 2.05) is 0 Å². The average Bonchev–Trinajstić information content (AvgIpc) is 2.33. The zero-order chi connectivity index (χ0) is 11.2. The van der Waals surface area contributed by atoms with Gasteiger partial charge in [0.1, 0.15) is 0 Å². The Morgan fingerprint density at radius 1 is 0.750 bits per heavy atom. The second-order valence-electron chi connectivity index (χ2n) is 3.93. The van der Waals surface area contributed by atoms with Gasteiger partial charge in [-0.1, -0.05) is 48.5 Å². The lowest BCUT2D eigenvalue weighted by atomic mass is 10.0. The van der Waals surface area contributed by atoms with Gasteiger partial charge in [-0.2, -0.15) is 0 Å². The number of halogens is 1. The van der Waals surface area contributed by atoms with Crippen molar-refractivity contribution >= 4 is 22.6 Å². The van der Waals surface area contributed by atoms with Crippen LogP contribution in [0.1, 0.15) is 17.5 Å². The van der Waals surface area contributed by atoms with Gasteiger partial charge in [-0.15, -0.1) is 0 Å². The summed E-state index contributed by atoms with van der Waals surface area (Å²) in [7, 11) is 0. The van der Waals surface area contributed by atoms with Crippen LogP contribution in [0.4, 0.5) is 0 Å². The third kappa shape index (κ3) is 3.34. The maximum Gasteiger partial charge on any atom is 0.0162 e. The molecule has 0 heterocycles. The smallest absolute Gasteiger partial charge is 0.0162 e. The Labute approximate surface area is 111 Å². The van der Waals surface area contributed by atoms with E-state index in [0.29, 0.717) is 0 Å². The minimum Gasteiger partial charge on any atom is -0.0622 e. The summed E-state index contributed by atoms with van der Waals surface area (Å²) in [5, 5.41) is 0. The summed E-state index contributed by atoms with van der Waals surface area (Å²) < 4.78 is 1.38. The van der Waals surface area contributed by atoms with Crippen LogP contribution in [0, 0.1) is 3.57 Å². The van der Waals surface area contributed by atoms with E-state index in [1.54, 1.807) is 0 Å². The molecule has 0 atom stereocenters. The first-order valence-corrected chi connectivity index (χ1v) is 6.71. The quantitative estimate of drug-likeness (QED) is 0.729. The third-order valence-electron chi connectivity index (χ3n) is 2.71. The number of hydrogen-bond acceptors (Lipinski definition) is 0. The maximum absolute atomic E-state index is 2.41. The Kier molecular flexibility index (Phi) is 4.40. The first kappa shape index (κ1) is 11.6. The molecule has 0 aliphatic heterocycles. The fourth-order valence-electron chi connectivity index (χ4n) is 1.83. The third-order valence-corrected chi connectivity index (χ3v) is 3.76. The van der Waals surface area contributed by atoms with Gasteiger partial charge >= 0.3 is 0 Å². The summed E-state index contributed by atoms with van der Waals surface area (Å²) in [6.07, 6.45) is 3.57. The Morgan fingerprint density at radius 2 is 1.44 bits per heavy atom. The topological polar surface area (TPSA) is 0 Å². The molecule has 0 unspecified atom stereocenters. The molecule has 2 rings (SSSR count). The van der Waals surface area contributed by atoms with Crippen LogP contribution in [0.3, 0.4) is 0 Å². The summed E-state index contributed by atoms with van der Waals surface area (Å²) in [5.74, 6) is 0. The molecule has 2 aromatic carbocycles. The van der Waals surface area contributed by atoms with E-state index in [2.05, 4.69) is 77.2 Å². The molecule has 1 heteroatoms. The first-order valence-electron chi connectivity index (χ1n) is 5.63. The van der Waals surface area contributed by atoms with Gasteiger partial charge in [0.05, 0.1) is 0 Å². The molecule has 0 radical (unpaired) electrons. The van der Waals surface area contributed by atoms with Gasteiger partial charge in [0.25, 0.3) is 0 Å². The van der Waals surface area contributed by atoms with Crippen LogP contribution in [0.2, 0.25) is 0 Å². The normalized spacial score (nSPS) is 10.3. The van der Waals surface area contributed by atoms with Gasteiger partial charge in [-0.05, 0) is 59.0 Å². The lowest BCUT2D eigenvalue weighted by molar-refractivity contribution is 0.818. The Balaban J connectivity index is 1.87. The predicted octanol–water partition coefficient (Wildman–Crippen LogP) is 4.47. The highest BCUT2D eigenvalue weighted by Crippen LogP contribution is 2.14. The molecule has 0 fully saturated rings. The van der Waals surface area contributed by atoms with Crippen molar-refractivity contribution in [2.75, 3.05) is 0 Å². The lowest BCUT2D eigenvalue weighted by Gasteiger charge is -2.04. The van der Waals surface area contributed by atoms with Crippen molar-refractivity contribution in [3.05, 3.63) is 69.3 Å². The Hall–Kier alpha value is -0.830. The molecule has 0 amide bonds. The minimum atomic E-state index is 1.17. The summed E-state index contributed by atoms with van der Waals surface area (Å²) >= 11 is 2.41. The van der Waals surface area contributed by atoms with Crippen molar-refractivity contribution in [3.8, 4) is 0 Å². The van der Waals surface area contributed by atoms with Gasteiger partial charge in [-0.3, -0.25) is 0 Å². The molecule has 0 bridgehead atoms. The number of benzene rings is 2. The van der Waals surface area contributed by atoms with Crippen LogP contribution in [0.5, 0.6) is 0 Å². The number of rotatable bonds is 4. The molecule has 0 N–H and O–H groups in total. The Bertz CT molecular complexity index is 434. The molecule has 0 aliphatic rings. The molecular formula is C15H15I. The van der Waals surface area contributed by atoms with E-state index in [9.17, 15) is 0 Å². The minimum absolute atomic E-state index is 1.17. The second-order valence-corrected chi connectivity index (χ2v) is 5.09. The first-order chi connectivity index (χ1) is 7.86. The van der Waals surface area contributed by atoms with Crippen molar-refractivity contribution in [1.29, 1.82) is 0 Å². The number of aryl methyl sites for hydroxylation is 2. The molecule has 0 saturated heterocycles. The molecule has 0 nitrogen and oxygen atoms in total. The van der Waals surface area contributed by atoms with Gasteiger partial charge in [-0.25, -0.2) is 0 Å². The highest BCUT2D eigenvalue weighted by atomic mass is 127. The van der Waals surface area contributed by atoms with Crippen LogP contribution in [-0.4, -0.2) is 0 Å². The highest BCUT2D eigenvalue weighted by molar-refractivity contribution is 14.1. The maximum atomic E-state index is 2.41. The van der Waals surface area contributed by atoms with E-state index in [-0.39, 0.29) is 0 Å².